The van der Waals surface area contributed by atoms with Gasteiger partial charge < -0.3 is 0 Å². The van der Waals surface area contributed by atoms with E-state index in [0.717, 1.165) is 12.1 Å². The molecule has 1 aromatic heterocycles. The van der Waals surface area contributed by atoms with Gasteiger partial charge in [-0.25, -0.2) is 0 Å². The largest absolute Gasteiger partial charge is 0.262 e. The third kappa shape index (κ3) is 2.88. The van der Waals surface area contributed by atoms with Crippen molar-refractivity contribution >= 4 is 18.2 Å². The minimum absolute atomic E-state index is 0.656. The number of aryl methyl sites for hydroxylation is 1. The van der Waals surface area contributed by atoms with Crippen LogP contribution in [0.4, 0.5) is 0 Å². The number of hydrogen-bond donors (Lipinski definition) is 0. The van der Waals surface area contributed by atoms with Crippen LogP contribution in [-0.2, 0) is 6.42 Å². The lowest BCUT2D eigenvalue weighted by atomic mass is 9.90. The molecule has 0 fully saturated rings. The summed E-state index contributed by atoms with van der Waals surface area (Å²) in [6.07, 6.45) is 11.9. The maximum Gasteiger partial charge on any atom is 0.0378 e. The molecule has 100 valence electrons. The van der Waals surface area contributed by atoms with Gasteiger partial charge in [-0.1, -0.05) is 43.4 Å². The first-order valence-corrected chi connectivity index (χ1v) is 7.12. The van der Waals surface area contributed by atoms with Gasteiger partial charge >= 0.3 is 0 Å². The smallest absolute Gasteiger partial charge is 0.0378 e. The van der Waals surface area contributed by atoms with Crippen LogP contribution >= 0.6 is 0 Å². The Hall–Kier alpha value is -2.15. The minimum atomic E-state index is 0.656. The Labute approximate surface area is 120 Å². The van der Waals surface area contributed by atoms with Crippen LogP contribution in [0.25, 0.3) is 18.2 Å². The maximum atomic E-state index is 4.22. The van der Waals surface area contributed by atoms with Crippen LogP contribution in [0.2, 0.25) is 0 Å². The summed E-state index contributed by atoms with van der Waals surface area (Å²) in [5, 5.41) is 0. The molecule has 1 aliphatic carbocycles. The second-order valence-corrected chi connectivity index (χ2v) is 5.56. The molecule has 1 heterocycles. The predicted octanol–water partition coefficient (Wildman–Crippen LogP) is 4.77. The summed E-state index contributed by atoms with van der Waals surface area (Å²) in [7, 11) is 0. The Morgan fingerprint density at radius 2 is 1.90 bits per heavy atom. The van der Waals surface area contributed by atoms with Crippen molar-refractivity contribution in [2.75, 3.05) is 0 Å². The number of rotatable bonds is 2. The number of hydrogen-bond acceptors (Lipinski definition) is 1. The zero-order chi connectivity index (χ0) is 13.9. The molecule has 1 unspecified atom stereocenters. The monoisotopic (exact) mass is 261 g/mol. The molecule has 0 aliphatic heterocycles. The standard InChI is InChI=1S/C19H19N/c1-14-3-7-19-13-16(6-8-18(19)11-14)4-5-17-9-10-20-15(2)12-17/h3-10,12-14H,11H2,1-2H3/b5-4+. The van der Waals surface area contributed by atoms with Crippen molar-refractivity contribution in [1.82, 2.24) is 4.98 Å². The first kappa shape index (κ1) is 12.9. The van der Waals surface area contributed by atoms with Gasteiger partial charge in [-0.05, 0) is 59.7 Å². The SMILES string of the molecule is Cc1cc(/C=C/c2ccc3c(c2)C=CC(C)C3)ccn1. The molecule has 1 atom stereocenters. The molecule has 0 bridgehead atoms. The van der Waals surface area contributed by atoms with Crippen LogP contribution in [0.15, 0.2) is 42.6 Å². The Morgan fingerprint density at radius 1 is 1.10 bits per heavy atom. The number of benzene rings is 1. The Kier molecular flexibility index (Phi) is 3.51. The number of nitrogens with zero attached hydrogens (tertiary/aromatic N) is 1. The Balaban J connectivity index is 1.85. The first-order valence-electron chi connectivity index (χ1n) is 7.12. The third-order valence-electron chi connectivity index (χ3n) is 3.71. The highest BCUT2D eigenvalue weighted by atomic mass is 14.6. The highest BCUT2D eigenvalue weighted by Gasteiger charge is 2.09. The minimum Gasteiger partial charge on any atom is -0.262 e. The van der Waals surface area contributed by atoms with Gasteiger partial charge in [-0.2, -0.15) is 0 Å². The lowest BCUT2D eigenvalue weighted by Gasteiger charge is -2.15. The Bertz CT molecular complexity index is 680. The van der Waals surface area contributed by atoms with E-state index >= 15 is 0 Å². The van der Waals surface area contributed by atoms with Crippen LogP contribution in [-0.4, -0.2) is 4.98 Å². The molecule has 0 radical (unpaired) electrons. The number of allylic oxidation sites excluding steroid dienone is 1. The van der Waals surface area contributed by atoms with E-state index in [2.05, 4.69) is 60.5 Å². The lowest BCUT2D eigenvalue weighted by Crippen LogP contribution is -2.02. The summed E-state index contributed by atoms with van der Waals surface area (Å²) >= 11 is 0. The summed E-state index contributed by atoms with van der Waals surface area (Å²) in [6, 6.07) is 10.9. The second-order valence-electron chi connectivity index (χ2n) is 5.56. The summed E-state index contributed by atoms with van der Waals surface area (Å²) < 4.78 is 0. The molecule has 20 heavy (non-hydrogen) atoms. The van der Waals surface area contributed by atoms with Crippen molar-refractivity contribution in [3.05, 3.63) is 70.6 Å². The van der Waals surface area contributed by atoms with Gasteiger partial charge in [0.15, 0.2) is 0 Å². The van der Waals surface area contributed by atoms with Crippen molar-refractivity contribution in [2.24, 2.45) is 5.92 Å². The van der Waals surface area contributed by atoms with Crippen molar-refractivity contribution in [3.8, 4) is 0 Å². The van der Waals surface area contributed by atoms with Crippen LogP contribution in [0.5, 0.6) is 0 Å². The van der Waals surface area contributed by atoms with E-state index in [1.165, 1.54) is 22.3 Å². The average molecular weight is 261 g/mol. The van der Waals surface area contributed by atoms with Crippen LogP contribution in [0.3, 0.4) is 0 Å². The zero-order valence-corrected chi connectivity index (χ0v) is 12.0. The molecule has 0 N–H and O–H groups in total. The zero-order valence-electron chi connectivity index (χ0n) is 12.0. The lowest BCUT2D eigenvalue weighted by molar-refractivity contribution is 0.717. The highest BCUT2D eigenvalue weighted by molar-refractivity contribution is 5.72. The molecule has 1 aromatic carbocycles. The second kappa shape index (κ2) is 5.46. The molecule has 0 saturated carbocycles. The van der Waals surface area contributed by atoms with Gasteiger partial charge in [-0.15, -0.1) is 0 Å². The quantitative estimate of drug-likeness (QED) is 0.759. The molecule has 1 aliphatic rings. The van der Waals surface area contributed by atoms with E-state index < -0.39 is 0 Å². The van der Waals surface area contributed by atoms with Gasteiger partial charge in [0.1, 0.15) is 0 Å². The van der Waals surface area contributed by atoms with E-state index in [-0.39, 0.29) is 0 Å². The maximum absolute atomic E-state index is 4.22. The summed E-state index contributed by atoms with van der Waals surface area (Å²) in [6.45, 7) is 4.28. The van der Waals surface area contributed by atoms with E-state index in [0.29, 0.717) is 5.92 Å². The van der Waals surface area contributed by atoms with Gasteiger partial charge in [0, 0.05) is 11.9 Å². The van der Waals surface area contributed by atoms with E-state index in [1.54, 1.807) is 0 Å². The average Bonchev–Trinajstić information content (AvgIpc) is 2.45. The predicted molar refractivity (Wildman–Crippen MR) is 86.2 cm³/mol. The number of pyridine rings is 1. The summed E-state index contributed by atoms with van der Waals surface area (Å²) in [5.41, 5.74) is 6.30. The molecule has 1 nitrogen and oxygen atoms in total. The van der Waals surface area contributed by atoms with E-state index in [9.17, 15) is 0 Å². The van der Waals surface area contributed by atoms with Gasteiger partial charge in [-0.3, -0.25) is 4.98 Å². The number of fused-ring (bicyclic) bond motifs is 1. The normalized spacial score (nSPS) is 17.4. The van der Waals surface area contributed by atoms with Crippen LogP contribution in [0.1, 0.15) is 34.9 Å². The van der Waals surface area contributed by atoms with Crippen molar-refractivity contribution in [2.45, 2.75) is 20.3 Å². The fourth-order valence-corrected chi connectivity index (χ4v) is 2.60. The summed E-state index contributed by atoms with van der Waals surface area (Å²) in [4.78, 5) is 4.22. The molecule has 2 aromatic rings. The van der Waals surface area contributed by atoms with Crippen LogP contribution in [0, 0.1) is 12.8 Å². The Morgan fingerprint density at radius 3 is 2.70 bits per heavy atom. The van der Waals surface area contributed by atoms with Crippen molar-refractivity contribution < 1.29 is 0 Å². The van der Waals surface area contributed by atoms with Gasteiger partial charge in [0.05, 0.1) is 0 Å². The molecule has 3 rings (SSSR count). The first-order chi connectivity index (χ1) is 9.70. The van der Waals surface area contributed by atoms with Crippen LogP contribution < -0.4 is 0 Å². The summed E-state index contributed by atoms with van der Waals surface area (Å²) in [5.74, 6) is 0.656. The third-order valence-corrected chi connectivity index (χ3v) is 3.71. The van der Waals surface area contributed by atoms with Gasteiger partial charge in [0.25, 0.3) is 0 Å². The molecule has 0 spiro atoms. The topological polar surface area (TPSA) is 12.9 Å². The number of aromatic nitrogens is 1. The van der Waals surface area contributed by atoms with Crippen molar-refractivity contribution in [3.63, 3.8) is 0 Å². The fourth-order valence-electron chi connectivity index (χ4n) is 2.60. The fraction of sp³-hybridized carbons (Fsp3) is 0.211. The van der Waals surface area contributed by atoms with Crippen molar-refractivity contribution in [1.29, 1.82) is 0 Å². The van der Waals surface area contributed by atoms with E-state index in [4.69, 9.17) is 0 Å². The van der Waals surface area contributed by atoms with E-state index in [1.807, 2.05) is 19.2 Å². The molecular formula is C19H19N. The molecule has 0 saturated heterocycles. The highest BCUT2D eigenvalue weighted by Crippen LogP contribution is 2.24. The molecular weight excluding hydrogens is 242 g/mol. The molecule has 0 amide bonds. The molecule has 1 heteroatoms. The van der Waals surface area contributed by atoms with Gasteiger partial charge in [0.2, 0.25) is 0 Å².